The first-order valence-corrected chi connectivity index (χ1v) is 9.56. The molecule has 2 aromatic carbocycles. The summed E-state index contributed by atoms with van der Waals surface area (Å²) in [6, 6.07) is 12.4. The van der Waals surface area contributed by atoms with Gasteiger partial charge in [-0.15, -0.1) is 0 Å². The van der Waals surface area contributed by atoms with Crippen molar-refractivity contribution in [1.82, 2.24) is 15.0 Å². The molecule has 0 saturated heterocycles. The van der Waals surface area contributed by atoms with E-state index in [-0.39, 0.29) is 5.75 Å². The van der Waals surface area contributed by atoms with E-state index in [0.29, 0.717) is 17.6 Å². The highest BCUT2D eigenvalue weighted by Crippen LogP contribution is 2.42. The van der Waals surface area contributed by atoms with Gasteiger partial charge >= 0.3 is 0 Å². The maximum Gasteiger partial charge on any atom is 0.172 e. The van der Waals surface area contributed by atoms with Gasteiger partial charge < -0.3 is 10.0 Å². The average molecular weight is 437 g/mol. The third-order valence-corrected chi connectivity index (χ3v) is 5.41. The van der Waals surface area contributed by atoms with Crippen molar-refractivity contribution >= 4 is 38.5 Å². The number of rotatable bonds is 2. The zero-order valence-electron chi connectivity index (χ0n) is 14.6. The summed E-state index contributed by atoms with van der Waals surface area (Å²) < 4.78 is 15.4. The Hall–Kier alpha value is -3.06. The fourth-order valence-electron chi connectivity index (χ4n) is 3.74. The lowest BCUT2D eigenvalue weighted by Crippen LogP contribution is -2.15. The van der Waals surface area contributed by atoms with E-state index in [2.05, 4.69) is 35.8 Å². The Morgan fingerprint density at radius 1 is 1.04 bits per heavy atom. The second-order valence-electron chi connectivity index (χ2n) is 6.56. The molecule has 0 radical (unpaired) electrons. The molecule has 0 atom stereocenters. The summed E-state index contributed by atoms with van der Waals surface area (Å²) in [4.78, 5) is 15.4. The zero-order chi connectivity index (χ0) is 19.3. The van der Waals surface area contributed by atoms with Gasteiger partial charge in [0.2, 0.25) is 0 Å². The van der Waals surface area contributed by atoms with Gasteiger partial charge in [-0.25, -0.2) is 19.3 Å². The molecule has 1 aliphatic rings. The Kier molecular flexibility index (Phi) is 3.98. The van der Waals surface area contributed by atoms with Crippen molar-refractivity contribution in [2.45, 2.75) is 6.42 Å². The summed E-state index contributed by atoms with van der Waals surface area (Å²) in [6.45, 7) is 0.705. The molecule has 0 fully saturated rings. The van der Waals surface area contributed by atoms with Gasteiger partial charge in [-0.3, -0.25) is 0 Å². The summed E-state index contributed by atoms with van der Waals surface area (Å²) >= 11 is 3.42. The number of anilines is 2. The van der Waals surface area contributed by atoms with Gasteiger partial charge in [-0.05, 0) is 51.7 Å². The molecule has 4 aromatic rings. The molecule has 1 N–H and O–H groups in total. The predicted octanol–water partition coefficient (Wildman–Crippen LogP) is 4.99. The molecule has 0 spiro atoms. The number of hydrogen-bond donors (Lipinski definition) is 1. The minimum absolute atomic E-state index is 0.346. The lowest BCUT2D eigenvalue weighted by atomic mass is 9.97. The number of phenols is 1. The Bertz CT molecular complexity index is 1230. The van der Waals surface area contributed by atoms with Crippen LogP contribution in [0, 0.1) is 5.82 Å². The van der Waals surface area contributed by atoms with E-state index in [0.717, 1.165) is 39.0 Å². The lowest BCUT2D eigenvalue weighted by molar-refractivity contribution is 0.433. The average Bonchev–Trinajstić information content (AvgIpc) is 3.13. The first-order valence-electron chi connectivity index (χ1n) is 8.77. The maximum atomic E-state index is 14.5. The maximum absolute atomic E-state index is 14.5. The van der Waals surface area contributed by atoms with E-state index in [9.17, 15) is 9.50 Å². The van der Waals surface area contributed by atoms with Crippen molar-refractivity contribution in [3.63, 3.8) is 0 Å². The molecule has 138 valence electrons. The van der Waals surface area contributed by atoms with Crippen LogP contribution in [-0.2, 0) is 6.42 Å². The van der Waals surface area contributed by atoms with Gasteiger partial charge in [0, 0.05) is 28.5 Å². The third kappa shape index (κ3) is 2.62. The largest absolute Gasteiger partial charge is 0.505 e. The Labute approximate surface area is 168 Å². The number of phenolic OH excluding ortho intramolecular Hbond substituents is 1. The molecule has 0 unspecified atom stereocenters. The molecule has 5 nitrogen and oxygen atoms in total. The number of halogens is 2. The van der Waals surface area contributed by atoms with E-state index in [1.165, 1.54) is 12.4 Å². The van der Waals surface area contributed by atoms with E-state index in [4.69, 9.17) is 0 Å². The standard InChI is InChI=1S/C21H14BrFN4O/c22-12-9-16-20(24-10-12)21(26-11-25-16)27-8-7-14-13(3-1-5-17(14)27)15-4-2-6-18(28)19(15)23/h1-6,9-11,28H,7-8H2. The van der Waals surface area contributed by atoms with E-state index < -0.39 is 5.82 Å². The number of aromatic nitrogens is 3. The Balaban J connectivity index is 1.67. The van der Waals surface area contributed by atoms with Crippen LogP contribution >= 0.6 is 15.9 Å². The first-order chi connectivity index (χ1) is 13.6. The smallest absolute Gasteiger partial charge is 0.172 e. The minimum atomic E-state index is -0.603. The Morgan fingerprint density at radius 3 is 2.75 bits per heavy atom. The van der Waals surface area contributed by atoms with Crippen LogP contribution < -0.4 is 4.90 Å². The van der Waals surface area contributed by atoms with Crippen molar-refractivity contribution in [2.24, 2.45) is 0 Å². The summed E-state index contributed by atoms with van der Waals surface area (Å²) in [5, 5.41) is 9.77. The van der Waals surface area contributed by atoms with Gasteiger partial charge in [0.05, 0.1) is 5.52 Å². The van der Waals surface area contributed by atoms with Gasteiger partial charge in [-0.2, -0.15) is 0 Å². The van der Waals surface area contributed by atoms with E-state index in [1.807, 2.05) is 24.3 Å². The minimum Gasteiger partial charge on any atom is -0.505 e. The quantitative estimate of drug-likeness (QED) is 0.479. The molecule has 1 aliphatic heterocycles. The number of nitrogens with zero attached hydrogens (tertiary/aromatic N) is 4. The molecule has 0 bridgehead atoms. The van der Waals surface area contributed by atoms with Crippen LogP contribution in [0.3, 0.4) is 0 Å². The Morgan fingerprint density at radius 2 is 1.86 bits per heavy atom. The molecule has 0 aliphatic carbocycles. The number of fused-ring (bicyclic) bond motifs is 2. The van der Waals surface area contributed by atoms with Gasteiger partial charge in [0.25, 0.3) is 0 Å². The molecule has 3 heterocycles. The monoisotopic (exact) mass is 436 g/mol. The third-order valence-electron chi connectivity index (χ3n) is 4.97. The van der Waals surface area contributed by atoms with Crippen LogP contribution in [0.4, 0.5) is 15.9 Å². The zero-order valence-corrected chi connectivity index (χ0v) is 16.2. The molecule has 2 aromatic heterocycles. The number of hydrogen-bond acceptors (Lipinski definition) is 5. The van der Waals surface area contributed by atoms with Crippen LogP contribution in [0.2, 0.25) is 0 Å². The van der Waals surface area contributed by atoms with Crippen LogP contribution in [0.5, 0.6) is 5.75 Å². The van der Waals surface area contributed by atoms with Gasteiger partial charge in [-0.1, -0.05) is 24.3 Å². The summed E-state index contributed by atoms with van der Waals surface area (Å²) in [6.07, 6.45) is 4.00. The molecule has 7 heteroatoms. The van der Waals surface area contributed by atoms with Gasteiger partial charge in [0.15, 0.2) is 17.4 Å². The van der Waals surface area contributed by atoms with Crippen LogP contribution in [0.15, 0.2) is 59.5 Å². The summed E-state index contributed by atoms with van der Waals surface area (Å²) in [5.74, 6) is -0.223. The van der Waals surface area contributed by atoms with Crippen LogP contribution in [0.1, 0.15) is 5.56 Å². The first kappa shape index (κ1) is 17.1. The molecule has 0 amide bonds. The summed E-state index contributed by atoms with van der Waals surface area (Å²) in [7, 11) is 0. The van der Waals surface area contributed by atoms with Crippen molar-refractivity contribution < 1.29 is 9.50 Å². The number of benzene rings is 2. The SMILES string of the molecule is Oc1cccc(-c2cccc3c2CCN3c2ncnc3cc(Br)cnc23)c1F. The highest BCUT2D eigenvalue weighted by Gasteiger charge is 2.27. The fraction of sp³-hybridized carbons (Fsp3) is 0.0952. The number of aromatic hydroxyl groups is 1. The van der Waals surface area contributed by atoms with Crippen LogP contribution in [0.25, 0.3) is 22.2 Å². The van der Waals surface area contributed by atoms with E-state index >= 15 is 0 Å². The van der Waals surface area contributed by atoms with Crippen molar-refractivity contribution in [2.75, 3.05) is 11.4 Å². The molecular formula is C21H14BrFN4O. The van der Waals surface area contributed by atoms with Gasteiger partial charge in [0.1, 0.15) is 11.8 Å². The van der Waals surface area contributed by atoms with Crippen LogP contribution in [-0.4, -0.2) is 26.6 Å². The molecule has 28 heavy (non-hydrogen) atoms. The lowest BCUT2D eigenvalue weighted by Gasteiger charge is -2.20. The molecule has 0 saturated carbocycles. The highest BCUT2D eigenvalue weighted by molar-refractivity contribution is 9.10. The topological polar surface area (TPSA) is 62.1 Å². The van der Waals surface area contributed by atoms with Crippen molar-refractivity contribution in [3.8, 4) is 16.9 Å². The van der Waals surface area contributed by atoms with E-state index in [1.54, 1.807) is 18.3 Å². The molecule has 5 rings (SSSR count). The highest BCUT2D eigenvalue weighted by atomic mass is 79.9. The normalized spacial score (nSPS) is 13.1. The predicted molar refractivity (Wildman–Crippen MR) is 109 cm³/mol. The fourth-order valence-corrected chi connectivity index (χ4v) is 4.06. The second-order valence-corrected chi connectivity index (χ2v) is 7.48. The summed E-state index contributed by atoms with van der Waals surface area (Å²) in [5.41, 5.74) is 4.63. The second kappa shape index (κ2) is 6.53. The van der Waals surface area contributed by atoms with Crippen molar-refractivity contribution in [3.05, 3.63) is 70.8 Å². The molecular weight excluding hydrogens is 423 g/mol. The van der Waals surface area contributed by atoms with Crippen molar-refractivity contribution in [1.29, 1.82) is 0 Å². The number of pyridine rings is 1.